The summed E-state index contributed by atoms with van der Waals surface area (Å²) >= 11 is 0. The molecule has 19 heavy (non-hydrogen) atoms. The van der Waals surface area contributed by atoms with Crippen LogP contribution in [0.1, 0.15) is 52.9 Å². The van der Waals surface area contributed by atoms with Gasteiger partial charge in [0.25, 0.3) is 0 Å². The minimum atomic E-state index is -0.457. The zero-order valence-corrected chi connectivity index (χ0v) is 12.3. The first-order valence-electron chi connectivity index (χ1n) is 7.30. The summed E-state index contributed by atoms with van der Waals surface area (Å²) < 4.78 is 5.45. The molecule has 108 valence electrons. The van der Waals surface area contributed by atoms with Gasteiger partial charge in [0.05, 0.1) is 0 Å². The van der Waals surface area contributed by atoms with Crippen molar-refractivity contribution in [2.75, 3.05) is 13.1 Å². The van der Waals surface area contributed by atoms with E-state index in [1.165, 1.54) is 12.8 Å². The van der Waals surface area contributed by atoms with Crippen LogP contribution in [0.4, 0.5) is 4.79 Å². The van der Waals surface area contributed by atoms with Gasteiger partial charge in [-0.1, -0.05) is 12.8 Å². The lowest BCUT2D eigenvalue weighted by molar-refractivity contribution is -0.118. The molecule has 1 unspecified atom stereocenters. The third kappa shape index (κ3) is 3.10. The molecular weight excluding hydrogens is 242 g/mol. The van der Waals surface area contributed by atoms with Gasteiger partial charge in [-0.05, 0) is 45.4 Å². The molecule has 0 N–H and O–H groups in total. The predicted molar refractivity (Wildman–Crippen MR) is 72.9 cm³/mol. The molecule has 0 aromatic heterocycles. The second-order valence-corrected chi connectivity index (χ2v) is 7.00. The minimum Gasteiger partial charge on any atom is -0.444 e. The first-order valence-corrected chi connectivity index (χ1v) is 7.30. The van der Waals surface area contributed by atoms with Crippen molar-refractivity contribution >= 4 is 12.4 Å². The fraction of sp³-hybridized carbons (Fsp3) is 0.867. The van der Waals surface area contributed by atoms with Crippen molar-refractivity contribution in [3.05, 3.63) is 0 Å². The maximum Gasteiger partial charge on any atom is 0.410 e. The number of carbonyl (C=O) groups is 2. The highest BCUT2D eigenvalue weighted by molar-refractivity contribution is 5.69. The van der Waals surface area contributed by atoms with Crippen LogP contribution in [0.25, 0.3) is 0 Å². The lowest BCUT2D eigenvalue weighted by atomic mass is 9.70. The first-order chi connectivity index (χ1) is 8.86. The highest BCUT2D eigenvalue weighted by Gasteiger charge is 2.46. The van der Waals surface area contributed by atoms with E-state index in [0.717, 1.165) is 25.5 Å². The van der Waals surface area contributed by atoms with Crippen LogP contribution in [0.15, 0.2) is 0 Å². The Bertz CT molecular complexity index is 353. The first kappa shape index (κ1) is 14.4. The Labute approximate surface area is 115 Å². The number of hydrogen-bond acceptors (Lipinski definition) is 3. The molecule has 1 aliphatic heterocycles. The van der Waals surface area contributed by atoms with E-state index in [1.807, 2.05) is 20.8 Å². The van der Waals surface area contributed by atoms with Crippen LogP contribution in [0, 0.1) is 11.3 Å². The summed E-state index contributed by atoms with van der Waals surface area (Å²) in [6.07, 6.45) is 6.13. The highest BCUT2D eigenvalue weighted by Crippen LogP contribution is 2.47. The fourth-order valence-corrected chi connectivity index (χ4v) is 3.48. The van der Waals surface area contributed by atoms with E-state index in [4.69, 9.17) is 4.74 Å². The molecular formula is C15H25NO3. The van der Waals surface area contributed by atoms with Crippen LogP contribution in [0.5, 0.6) is 0 Å². The lowest BCUT2D eigenvalue weighted by Crippen LogP contribution is -2.51. The molecule has 4 nitrogen and oxygen atoms in total. The number of likely N-dealkylation sites (tertiary alicyclic amines) is 1. The molecule has 0 aromatic carbocycles. The van der Waals surface area contributed by atoms with Crippen LogP contribution in [0.3, 0.4) is 0 Å². The molecule has 1 spiro atoms. The van der Waals surface area contributed by atoms with Gasteiger partial charge in [0.2, 0.25) is 0 Å². The van der Waals surface area contributed by atoms with E-state index in [1.54, 1.807) is 4.90 Å². The second kappa shape index (κ2) is 5.14. The number of aldehydes is 1. The maximum atomic E-state index is 12.2. The molecule has 2 fully saturated rings. The molecule has 4 heteroatoms. The standard InChI is InChI=1S/C15H25NO3/c1-14(2,3)19-13(18)16-9-6-12(10-17)15(11-16)7-4-5-8-15/h10,12H,4-9,11H2,1-3H3. The van der Waals surface area contributed by atoms with Gasteiger partial charge in [0.15, 0.2) is 0 Å². The Morgan fingerprint density at radius 3 is 2.47 bits per heavy atom. The van der Waals surface area contributed by atoms with E-state index in [-0.39, 0.29) is 17.4 Å². The SMILES string of the molecule is CC(C)(C)OC(=O)N1CCC(C=O)C2(CCCC2)C1. The molecule has 0 aromatic rings. The average molecular weight is 267 g/mol. The van der Waals surface area contributed by atoms with Gasteiger partial charge in [-0.15, -0.1) is 0 Å². The number of rotatable bonds is 1. The zero-order chi connectivity index (χ0) is 14.1. The van der Waals surface area contributed by atoms with Crippen molar-refractivity contribution in [1.29, 1.82) is 0 Å². The summed E-state index contributed by atoms with van der Waals surface area (Å²) in [5.41, 5.74) is -0.432. The van der Waals surface area contributed by atoms with Crippen LogP contribution < -0.4 is 0 Å². The Hall–Kier alpha value is -1.06. The Morgan fingerprint density at radius 2 is 1.95 bits per heavy atom. The normalized spacial score (nSPS) is 26.5. The lowest BCUT2D eigenvalue weighted by Gasteiger charge is -2.44. The molecule has 1 atom stereocenters. The Kier molecular flexibility index (Phi) is 3.88. The summed E-state index contributed by atoms with van der Waals surface area (Å²) in [5.74, 6) is 0.119. The van der Waals surface area contributed by atoms with Gasteiger partial charge in [-0.2, -0.15) is 0 Å². The quantitative estimate of drug-likeness (QED) is 0.686. The van der Waals surface area contributed by atoms with Crippen LogP contribution in [-0.2, 0) is 9.53 Å². The number of hydrogen-bond donors (Lipinski definition) is 0. The summed E-state index contributed by atoms with van der Waals surface area (Å²) in [5, 5.41) is 0. The summed E-state index contributed by atoms with van der Waals surface area (Å²) in [7, 11) is 0. The number of carbonyl (C=O) groups excluding carboxylic acids is 2. The number of amides is 1. The average Bonchev–Trinajstić information content (AvgIpc) is 2.76. The van der Waals surface area contributed by atoms with Gasteiger partial charge in [-0.3, -0.25) is 0 Å². The maximum absolute atomic E-state index is 12.2. The summed E-state index contributed by atoms with van der Waals surface area (Å²) in [6.45, 7) is 6.97. The number of nitrogens with zero attached hydrogens (tertiary/aromatic N) is 1. The third-order valence-corrected chi connectivity index (χ3v) is 4.42. The second-order valence-electron chi connectivity index (χ2n) is 7.00. The minimum absolute atomic E-state index is 0.0247. The Balaban J connectivity index is 2.06. The van der Waals surface area contributed by atoms with Crippen LogP contribution in [0.2, 0.25) is 0 Å². The van der Waals surface area contributed by atoms with Crippen molar-refractivity contribution in [3.63, 3.8) is 0 Å². The number of ether oxygens (including phenoxy) is 1. The largest absolute Gasteiger partial charge is 0.444 e. The Morgan fingerprint density at radius 1 is 1.32 bits per heavy atom. The third-order valence-electron chi connectivity index (χ3n) is 4.42. The van der Waals surface area contributed by atoms with Gasteiger partial charge in [0, 0.05) is 19.0 Å². The predicted octanol–water partition coefficient (Wildman–Crippen LogP) is 3.00. The van der Waals surface area contributed by atoms with E-state index >= 15 is 0 Å². The topological polar surface area (TPSA) is 46.6 Å². The van der Waals surface area contributed by atoms with Crippen molar-refractivity contribution in [2.24, 2.45) is 11.3 Å². The molecule has 1 amide bonds. The van der Waals surface area contributed by atoms with Gasteiger partial charge in [0.1, 0.15) is 11.9 Å². The van der Waals surface area contributed by atoms with E-state index in [0.29, 0.717) is 13.1 Å². The summed E-state index contributed by atoms with van der Waals surface area (Å²) in [4.78, 5) is 25.3. The molecule has 1 aliphatic carbocycles. The molecule has 1 heterocycles. The smallest absolute Gasteiger partial charge is 0.410 e. The summed E-state index contributed by atoms with van der Waals surface area (Å²) in [6, 6.07) is 0. The van der Waals surface area contributed by atoms with Gasteiger partial charge in [-0.25, -0.2) is 4.79 Å². The van der Waals surface area contributed by atoms with Gasteiger partial charge < -0.3 is 14.4 Å². The van der Waals surface area contributed by atoms with Crippen molar-refractivity contribution < 1.29 is 14.3 Å². The van der Waals surface area contributed by atoms with Gasteiger partial charge >= 0.3 is 6.09 Å². The molecule has 1 saturated carbocycles. The van der Waals surface area contributed by atoms with Crippen LogP contribution >= 0.6 is 0 Å². The number of piperidine rings is 1. The van der Waals surface area contributed by atoms with E-state index in [2.05, 4.69) is 0 Å². The monoisotopic (exact) mass is 267 g/mol. The van der Waals surface area contributed by atoms with E-state index in [9.17, 15) is 9.59 Å². The molecule has 2 aliphatic rings. The van der Waals surface area contributed by atoms with E-state index < -0.39 is 5.60 Å². The van der Waals surface area contributed by atoms with Crippen molar-refractivity contribution in [2.45, 2.75) is 58.5 Å². The highest BCUT2D eigenvalue weighted by atomic mass is 16.6. The van der Waals surface area contributed by atoms with Crippen molar-refractivity contribution in [3.8, 4) is 0 Å². The molecule has 0 bridgehead atoms. The zero-order valence-electron chi connectivity index (χ0n) is 12.3. The fourth-order valence-electron chi connectivity index (χ4n) is 3.48. The molecule has 1 saturated heterocycles. The molecule has 0 radical (unpaired) electrons. The van der Waals surface area contributed by atoms with Crippen molar-refractivity contribution in [1.82, 2.24) is 4.90 Å². The molecule has 2 rings (SSSR count). The van der Waals surface area contributed by atoms with Crippen LogP contribution in [-0.4, -0.2) is 36.0 Å².